The highest BCUT2D eigenvalue weighted by atomic mass is 16.5. The Labute approximate surface area is 97.4 Å². The molecule has 16 heavy (non-hydrogen) atoms. The fourth-order valence-electron chi connectivity index (χ4n) is 3.17. The molecular weight excluding hydrogens is 200 g/mol. The number of ether oxygens (including phenoxy) is 1. The standard InChI is InChI=1S/C14H20O2/c1-16-11-5-10-14-8-3-2-6-12(14)13(15)7-4-9-14/h3,5,8,11-12H,2,4,6-7,9-10H2,1H3/b11-5-/t12-,14+/m1/s1. The van der Waals surface area contributed by atoms with E-state index in [1.807, 2.05) is 0 Å². The summed E-state index contributed by atoms with van der Waals surface area (Å²) in [4.78, 5) is 12.0. The van der Waals surface area contributed by atoms with Gasteiger partial charge in [0.2, 0.25) is 0 Å². The van der Waals surface area contributed by atoms with E-state index in [9.17, 15) is 4.79 Å². The van der Waals surface area contributed by atoms with Gasteiger partial charge in [-0.05, 0) is 38.2 Å². The zero-order valence-electron chi connectivity index (χ0n) is 9.95. The Morgan fingerprint density at radius 2 is 2.50 bits per heavy atom. The van der Waals surface area contributed by atoms with Gasteiger partial charge in [0.25, 0.3) is 0 Å². The molecule has 2 nitrogen and oxygen atoms in total. The number of hydrogen-bond donors (Lipinski definition) is 0. The summed E-state index contributed by atoms with van der Waals surface area (Å²) in [5, 5.41) is 0. The molecule has 0 unspecified atom stereocenters. The van der Waals surface area contributed by atoms with Crippen molar-refractivity contribution in [2.75, 3.05) is 7.11 Å². The van der Waals surface area contributed by atoms with Gasteiger partial charge in [0.1, 0.15) is 5.78 Å². The van der Waals surface area contributed by atoms with Crippen molar-refractivity contribution >= 4 is 5.78 Å². The van der Waals surface area contributed by atoms with E-state index in [-0.39, 0.29) is 11.3 Å². The fourth-order valence-corrected chi connectivity index (χ4v) is 3.17. The first-order chi connectivity index (χ1) is 7.78. The number of rotatable bonds is 3. The predicted molar refractivity (Wildman–Crippen MR) is 63.9 cm³/mol. The molecule has 0 aromatic carbocycles. The van der Waals surface area contributed by atoms with Crippen molar-refractivity contribution in [1.29, 1.82) is 0 Å². The number of allylic oxidation sites excluding steroid dienone is 3. The Hall–Kier alpha value is -1.05. The molecule has 0 aromatic rings. The molecule has 0 aromatic heterocycles. The highest BCUT2D eigenvalue weighted by Crippen LogP contribution is 2.48. The molecule has 2 aliphatic rings. The Bertz CT molecular complexity index is 317. The topological polar surface area (TPSA) is 26.3 Å². The van der Waals surface area contributed by atoms with Gasteiger partial charge in [0, 0.05) is 17.8 Å². The quantitative estimate of drug-likeness (QED) is 0.539. The average molecular weight is 220 g/mol. The first kappa shape index (κ1) is 11.4. The lowest BCUT2D eigenvalue weighted by atomic mass is 9.60. The van der Waals surface area contributed by atoms with Crippen molar-refractivity contribution in [2.45, 2.75) is 38.5 Å². The molecule has 2 rings (SSSR count). The highest BCUT2D eigenvalue weighted by Gasteiger charge is 2.43. The molecule has 2 heteroatoms. The molecule has 1 fully saturated rings. The third kappa shape index (κ3) is 2.06. The minimum atomic E-state index is 0.0998. The third-order valence-electron chi connectivity index (χ3n) is 3.95. The molecule has 2 atom stereocenters. The molecule has 0 radical (unpaired) electrons. The fraction of sp³-hybridized carbons (Fsp3) is 0.643. The van der Waals surface area contributed by atoms with Crippen LogP contribution in [-0.2, 0) is 9.53 Å². The lowest BCUT2D eigenvalue weighted by molar-refractivity contribution is -0.129. The molecule has 0 amide bonds. The molecule has 0 aliphatic heterocycles. The Morgan fingerprint density at radius 3 is 3.31 bits per heavy atom. The van der Waals surface area contributed by atoms with Gasteiger partial charge >= 0.3 is 0 Å². The first-order valence-corrected chi connectivity index (χ1v) is 6.17. The normalized spacial score (nSPS) is 34.1. The van der Waals surface area contributed by atoms with E-state index in [0.29, 0.717) is 5.78 Å². The van der Waals surface area contributed by atoms with Crippen LogP contribution in [0.3, 0.4) is 0 Å². The zero-order valence-corrected chi connectivity index (χ0v) is 9.95. The van der Waals surface area contributed by atoms with E-state index in [2.05, 4.69) is 18.2 Å². The van der Waals surface area contributed by atoms with Gasteiger partial charge in [-0.3, -0.25) is 4.79 Å². The molecule has 0 bridgehead atoms. The second kappa shape index (κ2) is 4.86. The monoisotopic (exact) mass is 220 g/mol. The van der Waals surface area contributed by atoms with Crippen molar-refractivity contribution in [3.05, 3.63) is 24.5 Å². The van der Waals surface area contributed by atoms with Gasteiger partial charge in [-0.25, -0.2) is 0 Å². The van der Waals surface area contributed by atoms with Crippen LogP contribution in [0.1, 0.15) is 38.5 Å². The van der Waals surface area contributed by atoms with Crippen LogP contribution in [0, 0.1) is 11.3 Å². The summed E-state index contributed by atoms with van der Waals surface area (Å²) in [6.45, 7) is 0. The summed E-state index contributed by atoms with van der Waals surface area (Å²) < 4.78 is 4.95. The van der Waals surface area contributed by atoms with Crippen LogP contribution in [0.4, 0.5) is 0 Å². The number of ketones is 1. The Kier molecular flexibility index (Phi) is 3.47. The van der Waals surface area contributed by atoms with Crippen LogP contribution in [-0.4, -0.2) is 12.9 Å². The predicted octanol–water partition coefficient (Wildman–Crippen LogP) is 3.24. The van der Waals surface area contributed by atoms with Crippen LogP contribution in [0.25, 0.3) is 0 Å². The SMILES string of the molecule is CO/C=C\C[C@@]12C=CCC[C@@H]1C(=O)CCC2. The molecule has 2 aliphatic carbocycles. The lowest BCUT2D eigenvalue weighted by Gasteiger charge is -2.43. The number of hydrogen-bond acceptors (Lipinski definition) is 2. The van der Waals surface area contributed by atoms with Crippen LogP contribution < -0.4 is 0 Å². The van der Waals surface area contributed by atoms with Crippen molar-refractivity contribution in [3.8, 4) is 0 Å². The highest BCUT2D eigenvalue weighted by molar-refractivity contribution is 5.83. The lowest BCUT2D eigenvalue weighted by Crippen LogP contribution is -2.39. The van der Waals surface area contributed by atoms with Crippen molar-refractivity contribution < 1.29 is 9.53 Å². The number of Topliss-reactive ketones (excluding diaryl/α,β-unsaturated/α-hetero) is 1. The van der Waals surface area contributed by atoms with E-state index in [1.54, 1.807) is 13.4 Å². The summed E-state index contributed by atoms with van der Waals surface area (Å²) in [5.41, 5.74) is 0.0998. The summed E-state index contributed by atoms with van der Waals surface area (Å²) in [7, 11) is 1.66. The maximum absolute atomic E-state index is 12.0. The van der Waals surface area contributed by atoms with Crippen LogP contribution in [0.2, 0.25) is 0 Å². The second-order valence-corrected chi connectivity index (χ2v) is 4.90. The number of fused-ring (bicyclic) bond motifs is 1. The van der Waals surface area contributed by atoms with Gasteiger partial charge in [-0.2, -0.15) is 0 Å². The first-order valence-electron chi connectivity index (χ1n) is 6.17. The van der Waals surface area contributed by atoms with E-state index in [0.717, 1.165) is 38.5 Å². The molecule has 0 spiro atoms. The zero-order chi connectivity index (χ0) is 11.4. The molecular formula is C14H20O2. The molecule has 88 valence electrons. The van der Waals surface area contributed by atoms with E-state index < -0.39 is 0 Å². The molecule has 0 N–H and O–H groups in total. The van der Waals surface area contributed by atoms with E-state index >= 15 is 0 Å². The maximum Gasteiger partial charge on any atom is 0.136 e. The van der Waals surface area contributed by atoms with Gasteiger partial charge in [0.05, 0.1) is 13.4 Å². The van der Waals surface area contributed by atoms with Crippen molar-refractivity contribution in [2.24, 2.45) is 11.3 Å². The molecule has 1 saturated carbocycles. The van der Waals surface area contributed by atoms with Gasteiger partial charge < -0.3 is 4.74 Å². The summed E-state index contributed by atoms with van der Waals surface area (Å²) >= 11 is 0. The number of carbonyl (C=O) groups excluding carboxylic acids is 1. The third-order valence-corrected chi connectivity index (χ3v) is 3.95. The van der Waals surface area contributed by atoms with Gasteiger partial charge in [0.15, 0.2) is 0 Å². The van der Waals surface area contributed by atoms with Gasteiger partial charge in [-0.15, -0.1) is 0 Å². The Balaban J connectivity index is 2.17. The van der Waals surface area contributed by atoms with Crippen LogP contribution >= 0.6 is 0 Å². The molecule has 0 heterocycles. The van der Waals surface area contributed by atoms with Crippen molar-refractivity contribution in [3.63, 3.8) is 0 Å². The van der Waals surface area contributed by atoms with Crippen LogP contribution in [0.5, 0.6) is 0 Å². The van der Waals surface area contributed by atoms with E-state index in [4.69, 9.17) is 4.74 Å². The van der Waals surface area contributed by atoms with E-state index in [1.165, 1.54) is 0 Å². The largest absolute Gasteiger partial charge is 0.505 e. The molecule has 0 saturated heterocycles. The minimum Gasteiger partial charge on any atom is -0.505 e. The number of carbonyl (C=O) groups is 1. The van der Waals surface area contributed by atoms with Crippen LogP contribution in [0.15, 0.2) is 24.5 Å². The number of methoxy groups -OCH3 is 1. The summed E-state index contributed by atoms with van der Waals surface area (Å²) in [6.07, 6.45) is 14.3. The smallest absolute Gasteiger partial charge is 0.136 e. The minimum absolute atomic E-state index is 0.0998. The summed E-state index contributed by atoms with van der Waals surface area (Å²) in [6, 6.07) is 0. The average Bonchev–Trinajstić information content (AvgIpc) is 2.30. The van der Waals surface area contributed by atoms with Gasteiger partial charge in [-0.1, -0.05) is 12.2 Å². The summed E-state index contributed by atoms with van der Waals surface area (Å²) in [5.74, 6) is 0.731. The maximum atomic E-state index is 12.0. The second-order valence-electron chi connectivity index (χ2n) is 4.90. The Morgan fingerprint density at radius 1 is 1.62 bits per heavy atom. The van der Waals surface area contributed by atoms with Crippen molar-refractivity contribution in [1.82, 2.24) is 0 Å².